The Morgan fingerprint density at radius 1 is 1.09 bits per heavy atom. The van der Waals surface area contributed by atoms with Gasteiger partial charge in [0.25, 0.3) is 11.8 Å². The smallest absolute Gasteiger partial charge is 0.350 e. The predicted molar refractivity (Wildman–Crippen MR) is 194 cm³/mol. The standard InChI is InChI=1S/C30H31ClN10O14S2/c1-29(2,26(50)51)55-38-17(12-9-56-28(32)34-12)21(46)35-18-22(47)39-10-30(27(52)53,57-25(18)39)40-7-8-41(24(49)23(40)48)36-14(43)5-6-33-20(45)16(37-54)11-3-4-13(42)19(44)15(11)31/h3-4,9,18,25,42,44,54H,5-8,10H2,1-2H3,(H2,32,34)(H,33,45)(H,35,46)(H,36,43)(H,50,51)(H,52,53)/b37-16+,38-17-/t18-,25-,30-/m1/s1. The number of hydrazine groups is 1. The lowest BCUT2D eigenvalue weighted by atomic mass is 10.0. The SMILES string of the molecule is CC(C)(O/N=C(\C(=O)N[C@@H]1C(=O)N2C[C@@](C(=O)O)(N3CCN(NC(=O)CCNC(=O)/C(=N/O)c4ccc(O)c(O)c4Cl)C(=O)C3=O)S[C@H]12)c1csc(N)n1)C(=O)O. The minimum atomic E-state index is -2.20. The van der Waals surface area contributed by atoms with E-state index in [1.807, 2.05) is 0 Å². The van der Waals surface area contributed by atoms with Gasteiger partial charge in [-0.1, -0.05) is 33.7 Å². The van der Waals surface area contributed by atoms with E-state index >= 15 is 0 Å². The average molecular weight is 855 g/mol. The van der Waals surface area contributed by atoms with Gasteiger partial charge in [-0.05, 0) is 26.0 Å². The number of aromatic nitrogens is 1. The van der Waals surface area contributed by atoms with Gasteiger partial charge >= 0.3 is 23.8 Å². The number of phenols is 2. The number of benzene rings is 1. The van der Waals surface area contributed by atoms with Crippen molar-refractivity contribution >= 4 is 98.6 Å². The van der Waals surface area contributed by atoms with Crippen molar-refractivity contribution in [2.45, 2.75) is 42.2 Å². The molecule has 0 saturated carbocycles. The van der Waals surface area contributed by atoms with Crippen molar-refractivity contribution < 1.29 is 68.8 Å². The molecule has 0 bridgehead atoms. The molecule has 0 radical (unpaired) electrons. The van der Waals surface area contributed by atoms with Gasteiger partial charge in [0.05, 0.1) is 18.1 Å². The lowest BCUT2D eigenvalue weighted by Crippen LogP contribution is -2.69. The van der Waals surface area contributed by atoms with Gasteiger partial charge in [0.15, 0.2) is 28.1 Å². The van der Waals surface area contributed by atoms with Crippen LogP contribution in [-0.2, 0) is 43.2 Å². The van der Waals surface area contributed by atoms with Crippen LogP contribution in [-0.4, -0.2) is 152 Å². The molecule has 3 aliphatic heterocycles. The number of hydrogen-bond acceptors (Lipinski definition) is 18. The van der Waals surface area contributed by atoms with E-state index < -0.39 is 130 Å². The van der Waals surface area contributed by atoms with Crippen molar-refractivity contribution in [3.63, 3.8) is 0 Å². The first-order chi connectivity index (χ1) is 26.7. The Morgan fingerprint density at radius 2 is 1.79 bits per heavy atom. The summed E-state index contributed by atoms with van der Waals surface area (Å²) in [6.45, 7) is 0.527. The van der Waals surface area contributed by atoms with E-state index in [0.29, 0.717) is 16.8 Å². The van der Waals surface area contributed by atoms with E-state index in [1.165, 1.54) is 19.2 Å². The maximum atomic E-state index is 13.4. The summed E-state index contributed by atoms with van der Waals surface area (Å²) in [6.07, 6.45) is -0.479. The summed E-state index contributed by atoms with van der Waals surface area (Å²) in [5.41, 5.74) is 4.41. The quantitative estimate of drug-likeness (QED) is 0.0240. The topological polar surface area (TPSA) is 356 Å². The summed E-state index contributed by atoms with van der Waals surface area (Å²) < 4.78 is 0. The number of nitrogens with two attached hydrogens (primary N) is 1. The van der Waals surface area contributed by atoms with Gasteiger partial charge in [0, 0.05) is 30.5 Å². The highest BCUT2D eigenvalue weighted by Gasteiger charge is 2.66. The number of piperazine rings is 1. The maximum absolute atomic E-state index is 13.4. The van der Waals surface area contributed by atoms with Gasteiger partial charge in [-0.25, -0.2) is 19.6 Å². The van der Waals surface area contributed by atoms with Crippen molar-refractivity contribution in [1.82, 2.24) is 35.9 Å². The zero-order valence-corrected chi connectivity index (χ0v) is 31.7. The van der Waals surface area contributed by atoms with Gasteiger partial charge < -0.3 is 56.6 Å². The molecule has 0 spiro atoms. The number of nitrogens with one attached hydrogen (secondary N) is 3. The number of carboxylic acid groups (broad SMARTS) is 2. The van der Waals surface area contributed by atoms with Crippen molar-refractivity contribution in [1.29, 1.82) is 0 Å². The molecule has 24 nitrogen and oxygen atoms in total. The number of aliphatic carboxylic acids is 2. The van der Waals surface area contributed by atoms with E-state index in [9.17, 15) is 64.0 Å². The fourth-order valence-electron chi connectivity index (χ4n) is 5.44. The number of fused-ring (bicyclic) bond motifs is 1. The third-order valence-corrected chi connectivity index (χ3v) is 11.3. The van der Waals surface area contributed by atoms with E-state index in [-0.39, 0.29) is 16.4 Å². The van der Waals surface area contributed by atoms with E-state index in [4.69, 9.17) is 22.2 Å². The molecule has 3 saturated heterocycles. The molecule has 1 aromatic heterocycles. The summed E-state index contributed by atoms with van der Waals surface area (Å²) in [4.78, 5) is 111. The Labute approximate surface area is 332 Å². The molecule has 0 aliphatic carbocycles. The second-order valence-corrected chi connectivity index (χ2v) is 15.3. The number of carbonyl (C=O) groups is 8. The molecule has 1 aromatic carbocycles. The summed E-state index contributed by atoms with van der Waals surface area (Å²) in [5, 5.41) is 60.1. The molecular weight excluding hydrogens is 824 g/mol. The van der Waals surface area contributed by atoms with Crippen LogP contribution in [0.1, 0.15) is 31.5 Å². The summed E-state index contributed by atoms with van der Waals surface area (Å²) >= 11 is 7.44. The monoisotopic (exact) mass is 854 g/mol. The van der Waals surface area contributed by atoms with Gasteiger partial charge in [0.1, 0.15) is 17.1 Å². The molecule has 0 unspecified atom stereocenters. The number of anilines is 1. The summed E-state index contributed by atoms with van der Waals surface area (Å²) in [5.74, 6) is -10.7. The van der Waals surface area contributed by atoms with Crippen LogP contribution in [0.25, 0.3) is 0 Å². The normalized spacial score (nSPS) is 21.1. The van der Waals surface area contributed by atoms with E-state index in [0.717, 1.165) is 33.3 Å². The largest absolute Gasteiger partial charge is 0.504 e. The molecule has 3 fully saturated rings. The molecule has 2 aromatic rings. The Morgan fingerprint density at radius 3 is 2.40 bits per heavy atom. The minimum absolute atomic E-state index is 0.0269. The molecule has 10 N–H and O–H groups in total. The number of thiazole rings is 1. The average Bonchev–Trinajstić information content (AvgIpc) is 3.75. The van der Waals surface area contributed by atoms with Crippen LogP contribution in [0, 0.1) is 0 Å². The number of phenolic OH excluding ortho intramolecular Hbond substituents is 2. The van der Waals surface area contributed by atoms with Crippen LogP contribution >= 0.6 is 34.7 Å². The number of aromatic hydroxyl groups is 2. The Bertz CT molecular complexity index is 2150. The van der Waals surface area contributed by atoms with Crippen LogP contribution in [0.5, 0.6) is 11.5 Å². The molecule has 3 aliphatic rings. The zero-order chi connectivity index (χ0) is 42.1. The molecule has 304 valence electrons. The van der Waals surface area contributed by atoms with Gasteiger partial charge in [0.2, 0.25) is 22.3 Å². The Kier molecular flexibility index (Phi) is 11.7. The minimum Gasteiger partial charge on any atom is -0.504 e. The van der Waals surface area contributed by atoms with Crippen LogP contribution in [0.15, 0.2) is 27.8 Å². The van der Waals surface area contributed by atoms with Crippen molar-refractivity contribution in [2.24, 2.45) is 10.3 Å². The first-order valence-electron chi connectivity index (χ1n) is 16.1. The van der Waals surface area contributed by atoms with Gasteiger partial charge in [-0.2, -0.15) is 0 Å². The number of oxime groups is 2. The van der Waals surface area contributed by atoms with Crippen LogP contribution in [0.2, 0.25) is 5.02 Å². The summed E-state index contributed by atoms with van der Waals surface area (Å²) in [7, 11) is 0. The molecule has 3 atom stereocenters. The number of thioether (sulfide) groups is 1. The van der Waals surface area contributed by atoms with Crippen LogP contribution < -0.4 is 21.8 Å². The lowest BCUT2D eigenvalue weighted by Gasteiger charge is -2.41. The number of amides is 6. The molecule has 4 heterocycles. The van der Waals surface area contributed by atoms with Gasteiger partial charge in [-0.3, -0.25) is 34.2 Å². The molecule has 27 heteroatoms. The molecule has 5 rings (SSSR count). The number of nitrogens with zero attached hydrogens (tertiary/aromatic N) is 6. The molecule has 57 heavy (non-hydrogen) atoms. The van der Waals surface area contributed by atoms with E-state index in [1.54, 1.807) is 0 Å². The number of hydrogen-bond donors (Lipinski definition) is 9. The Balaban J connectivity index is 1.20. The van der Waals surface area contributed by atoms with Gasteiger partial charge in [-0.15, -0.1) is 11.3 Å². The van der Waals surface area contributed by atoms with Crippen molar-refractivity contribution in [3.8, 4) is 11.5 Å². The molecular formula is C30H31ClN10O14S2. The third kappa shape index (κ3) is 7.99. The van der Waals surface area contributed by atoms with E-state index in [2.05, 4.69) is 31.4 Å². The fraction of sp³-hybridized carbons (Fsp3) is 0.367. The third-order valence-electron chi connectivity index (χ3n) is 8.54. The summed E-state index contributed by atoms with van der Waals surface area (Å²) in [6, 6.07) is 0.714. The number of rotatable bonds is 14. The number of β-lactam (4-membered cyclic amide) rings is 1. The highest BCUT2D eigenvalue weighted by molar-refractivity contribution is 8.02. The fourth-order valence-corrected chi connectivity index (χ4v) is 7.88. The van der Waals surface area contributed by atoms with Crippen molar-refractivity contribution in [3.05, 3.63) is 33.8 Å². The first kappa shape index (κ1) is 41.7. The number of halogens is 1. The number of nitrogen functional groups attached to an aromatic ring is 1. The van der Waals surface area contributed by atoms with Crippen molar-refractivity contribution in [2.75, 3.05) is 31.9 Å². The molecule has 6 amide bonds. The second kappa shape index (κ2) is 16.0. The zero-order valence-electron chi connectivity index (χ0n) is 29.3. The number of carboxylic acids is 2. The van der Waals surface area contributed by atoms with Crippen LogP contribution in [0.3, 0.4) is 0 Å². The predicted octanol–water partition coefficient (Wildman–Crippen LogP) is -2.36. The number of carbonyl (C=O) groups excluding carboxylic acids is 6. The maximum Gasteiger partial charge on any atom is 0.350 e. The first-order valence-corrected chi connectivity index (χ1v) is 18.2. The highest BCUT2D eigenvalue weighted by Crippen LogP contribution is 2.49. The Hall–Kier alpha value is -6.41. The lowest BCUT2D eigenvalue weighted by molar-refractivity contribution is -0.168. The van der Waals surface area contributed by atoms with Crippen LogP contribution in [0.4, 0.5) is 5.13 Å². The highest BCUT2D eigenvalue weighted by atomic mass is 35.5. The second-order valence-electron chi connectivity index (χ2n) is 12.6.